The van der Waals surface area contributed by atoms with Gasteiger partial charge in [0.25, 0.3) is 0 Å². The van der Waals surface area contributed by atoms with Crippen LogP contribution in [0.1, 0.15) is 17.2 Å². The fourth-order valence-electron chi connectivity index (χ4n) is 2.40. The molecular weight excluding hydrogens is 242 g/mol. The molecule has 1 aromatic rings. The van der Waals surface area contributed by atoms with Gasteiger partial charge in [0, 0.05) is 20.8 Å². The van der Waals surface area contributed by atoms with Crippen LogP contribution in [-0.2, 0) is 16.1 Å². The number of nitrogens with zero attached hydrogens (tertiary/aromatic N) is 2. The maximum absolute atomic E-state index is 5.96. The highest BCUT2D eigenvalue weighted by Crippen LogP contribution is 2.28. The highest BCUT2D eigenvalue weighted by atomic mass is 16.5. The van der Waals surface area contributed by atoms with E-state index in [4.69, 9.17) is 15.2 Å². The lowest BCUT2D eigenvalue weighted by Crippen LogP contribution is -2.38. The number of guanidine groups is 1. The van der Waals surface area contributed by atoms with Gasteiger partial charge in [-0.25, -0.2) is 0 Å². The van der Waals surface area contributed by atoms with E-state index < -0.39 is 0 Å². The van der Waals surface area contributed by atoms with Crippen molar-refractivity contribution < 1.29 is 9.47 Å². The van der Waals surface area contributed by atoms with Crippen molar-refractivity contribution in [2.75, 3.05) is 33.9 Å². The first-order valence-electron chi connectivity index (χ1n) is 6.40. The summed E-state index contributed by atoms with van der Waals surface area (Å²) in [5, 5.41) is 0. The number of nitrogens with two attached hydrogens (primary N) is 1. The molecule has 0 saturated carbocycles. The van der Waals surface area contributed by atoms with Crippen molar-refractivity contribution in [1.29, 1.82) is 0 Å². The van der Waals surface area contributed by atoms with Gasteiger partial charge in [0.15, 0.2) is 5.96 Å². The molecule has 1 atom stereocenters. The van der Waals surface area contributed by atoms with Crippen molar-refractivity contribution in [2.45, 2.75) is 12.6 Å². The topological polar surface area (TPSA) is 60.1 Å². The van der Waals surface area contributed by atoms with E-state index >= 15 is 0 Å². The van der Waals surface area contributed by atoms with E-state index in [-0.39, 0.29) is 6.04 Å². The second-order valence-corrected chi connectivity index (χ2v) is 4.53. The average molecular weight is 263 g/mol. The van der Waals surface area contributed by atoms with Crippen molar-refractivity contribution in [2.24, 2.45) is 10.7 Å². The summed E-state index contributed by atoms with van der Waals surface area (Å²) in [6.45, 7) is 2.68. The molecule has 2 N–H and O–H groups in total. The van der Waals surface area contributed by atoms with Gasteiger partial charge in [-0.05, 0) is 11.1 Å². The summed E-state index contributed by atoms with van der Waals surface area (Å²) < 4.78 is 10.4. The van der Waals surface area contributed by atoms with E-state index in [0.717, 1.165) is 6.54 Å². The third-order valence-electron chi connectivity index (χ3n) is 3.35. The third kappa shape index (κ3) is 3.05. The second-order valence-electron chi connectivity index (χ2n) is 4.53. The molecule has 2 rings (SSSR count). The summed E-state index contributed by atoms with van der Waals surface area (Å²) in [5.74, 6) is 0.592. The Morgan fingerprint density at radius 3 is 2.84 bits per heavy atom. The van der Waals surface area contributed by atoms with Crippen LogP contribution in [0.25, 0.3) is 0 Å². The zero-order valence-corrected chi connectivity index (χ0v) is 11.5. The molecule has 0 saturated heterocycles. The molecule has 104 valence electrons. The predicted octanol–water partition coefficient (Wildman–Crippen LogP) is 1.15. The van der Waals surface area contributed by atoms with Gasteiger partial charge in [-0.3, -0.25) is 4.99 Å². The molecule has 1 aliphatic heterocycles. The minimum atomic E-state index is 0.182. The largest absolute Gasteiger partial charge is 0.383 e. The number of methoxy groups -OCH3 is 2. The van der Waals surface area contributed by atoms with Gasteiger partial charge in [-0.15, -0.1) is 0 Å². The van der Waals surface area contributed by atoms with Gasteiger partial charge in [-0.1, -0.05) is 24.3 Å². The molecule has 0 amide bonds. The van der Waals surface area contributed by atoms with Gasteiger partial charge in [0.1, 0.15) is 0 Å². The van der Waals surface area contributed by atoms with Gasteiger partial charge in [0.2, 0.25) is 0 Å². The van der Waals surface area contributed by atoms with Crippen LogP contribution in [0.2, 0.25) is 0 Å². The molecule has 0 fully saturated rings. The minimum absolute atomic E-state index is 0.182. The lowest BCUT2D eigenvalue weighted by molar-refractivity contribution is 0.163. The molecule has 1 aromatic carbocycles. The molecule has 0 aliphatic carbocycles. The normalized spacial score (nSPS) is 18.7. The monoisotopic (exact) mass is 263 g/mol. The predicted molar refractivity (Wildman–Crippen MR) is 75.0 cm³/mol. The Kier molecular flexibility index (Phi) is 4.76. The standard InChI is InChI=1S/C14H21N3O2/c1-18-8-7-17-13(9-16-14(17)15)12-6-4-3-5-11(12)10-19-2/h3-6,13H,7-10H2,1-2H3,(H2,15,16). The lowest BCUT2D eigenvalue weighted by Gasteiger charge is -2.27. The maximum atomic E-state index is 5.96. The Bertz CT molecular complexity index is 448. The smallest absolute Gasteiger partial charge is 0.192 e. The first-order chi connectivity index (χ1) is 9.27. The van der Waals surface area contributed by atoms with Gasteiger partial charge in [0.05, 0.1) is 25.8 Å². The highest BCUT2D eigenvalue weighted by Gasteiger charge is 2.28. The zero-order chi connectivity index (χ0) is 13.7. The van der Waals surface area contributed by atoms with E-state index in [0.29, 0.717) is 25.7 Å². The Balaban J connectivity index is 2.20. The van der Waals surface area contributed by atoms with Crippen LogP contribution in [0, 0.1) is 0 Å². The molecule has 19 heavy (non-hydrogen) atoms. The number of rotatable bonds is 6. The van der Waals surface area contributed by atoms with Crippen LogP contribution in [0.3, 0.4) is 0 Å². The second kappa shape index (κ2) is 6.54. The number of ether oxygens (including phenoxy) is 2. The van der Waals surface area contributed by atoms with Gasteiger partial charge in [-0.2, -0.15) is 0 Å². The van der Waals surface area contributed by atoms with Crippen molar-refractivity contribution >= 4 is 5.96 Å². The Morgan fingerprint density at radius 1 is 1.32 bits per heavy atom. The summed E-state index contributed by atoms with van der Waals surface area (Å²) in [6.07, 6.45) is 0. The van der Waals surface area contributed by atoms with Crippen LogP contribution in [0.15, 0.2) is 29.3 Å². The summed E-state index contributed by atoms with van der Waals surface area (Å²) in [4.78, 5) is 6.45. The molecule has 1 aliphatic rings. The fourth-order valence-corrected chi connectivity index (χ4v) is 2.40. The molecular formula is C14H21N3O2. The summed E-state index contributed by atoms with van der Waals surface area (Å²) >= 11 is 0. The first kappa shape index (κ1) is 13.8. The van der Waals surface area contributed by atoms with Crippen molar-refractivity contribution in [1.82, 2.24) is 4.90 Å². The number of aliphatic imine (C=N–C) groups is 1. The fraction of sp³-hybridized carbons (Fsp3) is 0.500. The Hall–Kier alpha value is -1.59. The van der Waals surface area contributed by atoms with Crippen molar-refractivity contribution in [3.63, 3.8) is 0 Å². The van der Waals surface area contributed by atoms with Gasteiger partial charge < -0.3 is 20.1 Å². The van der Waals surface area contributed by atoms with E-state index in [1.54, 1.807) is 14.2 Å². The minimum Gasteiger partial charge on any atom is -0.383 e. The zero-order valence-electron chi connectivity index (χ0n) is 11.5. The maximum Gasteiger partial charge on any atom is 0.192 e. The van der Waals surface area contributed by atoms with E-state index in [1.165, 1.54) is 11.1 Å². The third-order valence-corrected chi connectivity index (χ3v) is 3.35. The number of hydrogen-bond acceptors (Lipinski definition) is 5. The van der Waals surface area contributed by atoms with Crippen LogP contribution in [0.5, 0.6) is 0 Å². The molecule has 1 heterocycles. The van der Waals surface area contributed by atoms with E-state index in [9.17, 15) is 0 Å². The van der Waals surface area contributed by atoms with E-state index in [1.807, 2.05) is 12.1 Å². The molecule has 1 unspecified atom stereocenters. The molecule has 0 spiro atoms. The average Bonchev–Trinajstić information content (AvgIpc) is 2.79. The Labute approximate surface area is 114 Å². The quantitative estimate of drug-likeness (QED) is 0.836. The SMILES string of the molecule is COCCN1C(N)=NCC1c1ccccc1COC. The first-order valence-corrected chi connectivity index (χ1v) is 6.40. The van der Waals surface area contributed by atoms with Crippen LogP contribution in [-0.4, -0.2) is 44.8 Å². The molecule has 5 nitrogen and oxygen atoms in total. The number of benzene rings is 1. The number of hydrogen-bond donors (Lipinski definition) is 1. The highest BCUT2D eigenvalue weighted by molar-refractivity contribution is 5.80. The molecule has 5 heteroatoms. The summed E-state index contributed by atoms with van der Waals surface area (Å²) in [5.41, 5.74) is 8.37. The Morgan fingerprint density at radius 2 is 2.11 bits per heavy atom. The summed E-state index contributed by atoms with van der Waals surface area (Å²) in [7, 11) is 3.40. The van der Waals surface area contributed by atoms with Crippen molar-refractivity contribution in [3.8, 4) is 0 Å². The van der Waals surface area contributed by atoms with E-state index in [2.05, 4.69) is 22.0 Å². The van der Waals surface area contributed by atoms with Crippen LogP contribution < -0.4 is 5.73 Å². The van der Waals surface area contributed by atoms with Crippen LogP contribution >= 0.6 is 0 Å². The molecule has 0 radical (unpaired) electrons. The summed E-state index contributed by atoms with van der Waals surface area (Å²) in [6, 6.07) is 8.45. The van der Waals surface area contributed by atoms with Gasteiger partial charge >= 0.3 is 0 Å². The lowest BCUT2D eigenvalue weighted by atomic mass is 10.00. The molecule has 0 bridgehead atoms. The van der Waals surface area contributed by atoms with Crippen LogP contribution in [0.4, 0.5) is 0 Å². The molecule has 0 aromatic heterocycles. The van der Waals surface area contributed by atoms with Crippen molar-refractivity contribution in [3.05, 3.63) is 35.4 Å².